The highest BCUT2D eigenvalue weighted by Gasteiger charge is 2.06. The third-order valence-corrected chi connectivity index (χ3v) is 2.80. The summed E-state index contributed by atoms with van der Waals surface area (Å²) in [6.07, 6.45) is 1.36. The Morgan fingerprint density at radius 3 is 2.44 bits per heavy atom. The van der Waals surface area contributed by atoms with Crippen LogP contribution in [-0.4, -0.2) is 17.0 Å². The Bertz CT molecular complexity index is 449. The lowest BCUT2D eigenvalue weighted by molar-refractivity contribution is -0.137. The molecular weight excluding hydrogens is 277 g/mol. The Morgan fingerprint density at radius 1 is 1.17 bits per heavy atom. The second-order valence-electron chi connectivity index (χ2n) is 3.77. The number of halogens is 2. The SMILES string of the molecule is O=C(O)CCCCC(=O)Nc1ccc(Cl)cc1Cl. The lowest BCUT2D eigenvalue weighted by atomic mass is 10.2. The molecule has 1 aromatic rings. The van der Waals surface area contributed by atoms with Crippen LogP contribution in [0, 0.1) is 0 Å². The molecule has 2 N–H and O–H groups in total. The van der Waals surface area contributed by atoms with Crippen molar-refractivity contribution in [1.82, 2.24) is 0 Å². The fourth-order valence-corrected chi connectivity index (χ4v) is 1.82. The molecule has 4 nitrogen and oxygen atoms in total. The number of aliphatic carboxylic acids is 1. The minimum absolute atomic E-state index is 0.0784. The first-order valence-electron chi connectivity index (χ1n) is 5.45. The van der Waals surface area contributed by atoms with Gasteiger partial charge in [0.05, 0.1) is 10.7 Å². The zero-order chi connectivity index (χ0) is 13.5. The Morgan fingerprint density at radius 2 is 1.83 bits per heavy atom. The van der Waals surface area contributed by atoms with Crippen LogP contribution in [0.4, 0.5) is 5.69 Å². The fraction of sp³-hybridized carbons (Fsp3) is 0.333. The average Bonchev–Trinajstić information content (AvgIpc) is 2.28. The van der Waals surface area contributed by atoms with Crippen LogP contribution >= 0.6 is 23.2 Å². The van der Waals surface area contributed by atoms with E-state index in [1.165, 1.54) is 0 Å². The number of anilines is 1. The second kappa shape index (κ2) is 7.24. The summed E-state index contributed by atoms with van der Waals surface area (Å²) >= 11 is 11.6. The molecule has 0 radical (unpaired) electrons. The standard InChI is InChI=1S/C12H13Cl2NO3/c13-8-5-6-10(9(14)7-8)15-11(16)3-1-2-4-12(17)18/h5-7H,1-4H2,(H,15,16)(H,17,18). The molecule has 0 aliphatic carbocycles. The molecule has 0 aromatic heterocycles. The first-order valence-corrected chi connectivity index (χ1v) is 6.21. The van der Waals surface area contributed by atoms with Crippen LogP contribution in [0.5, 0.6) is 0 Å². The van der Waals surface area contributed by atoms with Crippen molar-refractivity contribution in [2.24, 2.45) is 0 Å². The Labute approximate surface area is 115 Å². The smallest absolute Gasteiger partial charge is 0.303 e. The van der Waals surface area contributed by atoms with E-state index in [4.69, 9.17) is 28.3 Å². The summed E-state index contributed by atoms with van der Waals surface area (Å²) in [5.74, 6) is -1.04. The predicted molar refractivity (Wildman–Crippen MR) is 71.2 cm³/mol. The average molecular weight is 290 g/mol. The molecule has 0 fully saturated rings. The van der Waals surface area contributed by atoms with Gasteiger partial charge in [-0.3, -0.25) is 9.59 Å². The van der Waals surface area contributed by atoms with Crippen molar-refractivity contribution in [2.75, 3.05) is 5.32 Å². The highest BCUT2D eigenvalue weighted by atomic mass is 35.5. The maximum Gasteiger partial charge on any atom is 0.303 e. The molecule has 0 heterocycles. The zero-order valence-corrected chi connectivity index (χ0v) is 11.1. The molecule has 0 saturated heterocycles. The van der Waals surface area contributed by atoms with E-state index in [2.05, 4.69) is 5.32 Å². The van der Waals surface area contributed by atoms with Crippen molar-refractivity contribution in [3.63, 3.8) is 0 Å². The van der Waals surface area contributed by atoms with Crippen molar-refractivity contribution < 1.29 is 14.7 Å². The van der Waals surface area contributed by atoms with Crippen molar-refractivity contribution in [3.8, 4) is 0 Å². The number of rotatable bonds is 6. The van der Waals surface area contributed by atoms with Gasteiger partial charge in [0, 0.05) is 17.9 Å². The number of amides is 1. The van der Waals surface area contributed by atoms with Gasteiger partial charge >= 0.3 is 5.97 Å². The van der Waals surface area contributed by atoms with Crippen LogP contribution in [0.25, 0.3) is 0 Å². The van der Waals surface area contributed by atoms with E-state index in [9.17, 15) is 9.59 Å². The monoisotopic (exact) mass is 289 g/mol. The highest BCUT2D eigenvalue weighted by molar-refractivity contribution is 6.36. The summed E-state index contributed by atoms with van der Waals surface area (Å²) in [5.41, 5.74) is 0.504. The van der Waals surface area contributed by atoms with Gasteiger partial charge in [-0.1, -0.05) is 23.2 Å². The van der Waals surface area contributed by atoms with Gasteiger partial charge in [-0.2, -0.15) is 0 Å². The Hall–Kier alpha value is -1.26. The largest absolute Gasteiger partial charge is 0.481 e. The van der Waals surface area contributed by atoms with E-state index >= 15 is 0 Å². The van der Waals surface area contributed by atoms with E-state index in [-0.39, 0.29) is 18.7 Å². The van der Waals surface area contributed by atoms with Gasteiger partial charge in [0.15, 0.2) is 0 Å². The van der Waals surface area contributed by atoms with Crippen LogP contribution in [-0.2, 0) is 9.59 Å². The predicted octanol–water partition coefficient (Wildman–Crippen LogP) is 3.58. The van der Waals surface area contributed by atoms with Crippen LogP contribution in [0.1, 0.15) is 25.7 Å². The molecule has 6 heteroatoms. The van der Waals surface area contributed by atoms with Crippen molar-refractivity contribution in [2.45, 2.75) is 25.7 Å². The van der Waals surface area contributed by atoms with Crippen molar-refractivity contribution in [1.29, 1.82) is 0 Å². The van der Waals surface area contributed by atoms with Gasteiger partial charge in [-0.15, -0.1) is 0 Å². The van der Waals surface area contributed by atoms with Gasteiger partial charge in [0.2, 0.25) is 5.91 Å². The van der Waals surface area contributed by atoms with E-state index < -0.39 is 5.97 Å². The molecule has 1 amide bonds. The van der Waals surface area contributed by atoms with E-state index in [0.29, 0.717) is 28.6 Å². The summed E-state index contributed by atoms with van der Waals surface area (Å²) in [5, 5.41) is 12.0. The molecule has 0 spiro atoms. The molecule has 0 atom stereocenters. The quantitative estimate of drug-likeness (QED) is 0.787. The van der Waals surface area contributed by atoms with Gasteiger partial charge in [-0.25, -0.2) is 0 Å². The second-order valence-corrected chi connectivity index (χ2v) is 4.62. The maximum atomic E-state index is 11.5. The Kier molecular flexibility index (Phi) is 5.95. The van der Waals surface area contributed by atoms with Crippen molar-refractivity contribution >= 4 is 40.8 Å². The minimum atomic E-state index is -0.851. The molecule has 98 valence electrons. The third-order valence-electron chi connectivity index (χ3n) is 2.25. The summed E-state index contributed by atoms with van der Waals surface area (Å²) < 4.78 is 0. The molecule has 0 aliphatic heterocycles. The molecule has 0 saturated carbocycles. The number of carboxylic acid groups (broad SMARTS) is 1. The number of unbranched alkanes of at least 4 members (excludes halogenated alkanes) is 1. The number of hydrogen-bond donors (Lipinski definition) is 2. The van der Waals surface area contributed by atoms with Crippen LogP contribution in [0.15, 0.2) is 18.2 Å². The fourth-order valence-electron chi connectivity index (χ4n) is 1.37. The molecule has 0 unspecified atom stereocenters. The first kappa shape index (κ1) is 14.8. The van der Waals surface area contributed by atoms with Gasteiger partial charge in [0.25, 0.3) is 0 Å². The molecule has 18 heavy (non-hydrogen) atoms. The summed E-state index contributed by atoms with van der Waals surface area (Å²) in [4.78, 5) is 21.8. The number of carboxylic acids is 1. The lowest BCUT2D eigenvalue weighted by Crippen LogP contribution is -2.11. The lowest BCUT2D eigenvalue weighted by Gasteiger charge is -2.07. The van der Waals surface area contributed by atoms with Crippen LogP contribution < -0.4 is 5.32 Å². The zero-order valence-electron chi connectivity index (χ0n) is 9.58. The number of carbonyl (C=O) groups excluding carboxylic acids is 1. The number of carbonyl (C=O) groups is 2. The van der Waals surface area contributed by atoms with Gasteiger partial charge in [-0.05, 0) is 31.0 Å². The summed E-state index contributed by atoms with van der Waals surface area (Å²) in [6.45, 7) is 0. The van der Waals surface area contributed by atoms with Gasteiger partial charge in [0.1, 0.15) is 0 Å². The van der Waals surface area contributed by atoms with E-state index in [0.717, 1.165) is 0 Å². The first-order chi connectivity index (χ1) is 8.49. The molecule has 1 aromatic carbocycles. The van der Waals surface area contributed by atoms with Crippen LogP contribution in [0.3, 0.4) is 0 Å². The van der Waals surface area contributed by atoms with E-state index in [1.54, 1.807) is 18.2 Å². The molecular formula is C12H13Cl2NO3. The Balaban J connectivity index is 2.38. The highest BCUT2D eigenvalue weighted by Crippen LogP contribution is 2.25. The maximum absolute atomic E-state index is 11.5. The number of nitrogens with one attached hydrogen (secondary N) is 1. The van der Waals surface area contributed by atoms with Gasteiger partial charge < -0.3 is 10.4 Å². The molecule has 0 aliphatic rings. The third kappa shape index (κ3) is 5.38. The summed E-state index contributed by atoms with van der Waals surface area (Å²) in [7, 11) is 0. The van der Waals surface area contributed by atoms with E-state index in [1.807, 2.05) is 0 Å². The molecule has 0 bridgehead atoms. The topological polar surface area (TPSA) is 66.4 Å². The van der Waals surface area contributed by atoms with Crippen LogP contribution in [0.2, 0.25) is 10.0 Å². The number of benzene rings is 1. The van der Waals surface area contributed by atoms with Crippen molar-refractivity contribution in [3.05, 3.63) is 28.2 Å². The number of hydrogen-bond acceptors (Lipinski definition) is 2. The normalized spacial score (nSPS) is 10.1. The molecule has 1 rings (SSSR count). The summed E-state index contributed by atoms with van der Waals surface area (Å²) in [6, 6.07) is 4.80. The minimum Gasteiger partial charge on any atom is -0.481 e.